The Morgan fingerprint density at radius 3 is 2.89 bits per heavy atom. The third-order valence-electron chi connectivity index (χ3n) is 3.72. The van der Waals surface area contributed by atoms with Crippen LogP contribution in [-0.4, -0.2) is 38.0 Å². The van der Waals surface area contributed by atoms with Crippen molar-refractivity contribution in [2.75, 3.05) is 6.61 Å². The smallest absolute Gasteiger partial charge is 0.165 e. The highest BCUT2D eigenvalue weighted by Crippen LogP contribution is 2.24. The van der Waals surface area contributed by atoms with Crippen LogP contribution in [-0.2, 0) is 6.54 Å². The lowest BCUT2D eigenvalue weighted by molar-refractivity contribution is 0.151. The molecule has 0 spiro atoms. The standard InChI is InChI=1S/C12H23N5O/c1-9(2)17-12(14-15-16-17)7-13-11-6-4-3-5-10(11)8-18/h9-11,13,18H,3-8H2,1-2H3/t10-,11+/m0/s1. The van der Waals surface area contributed by atoms with E-state index in [1.165, 1.54) is 12.8 Å². The predicted molar refractivity (Wildman–Crippen MR) is 67.9 cm³/mol. The van der Waals surface area contributed by atoms with Crippen molar-refractivity contribution in [2.24, 2.45) is 5.92 Å². The van der Waals surface area contributed by atoms with Crippen molar-refractivity contribution in [2.45, 2.75) is 58.2 Å². The summed E-state index contributed by atoms with van der Waals surface area (Å²) >= 11 is 0. The van der Waals surface area contributed by atoms with E-state index in [-0.39, 0.29) is 12.6 Å². The van der Waals surface area contributed by atoms with Gasteiger partial charge in [0.1, 0.15) is 0 Å². The van der Waals surface area contributed by atoms with E-state index in [0.29, 0.717) is 18.5 Å². The second kappa shape index (κ2) is 6.24. The van der Waals surface area contributed by atoms with Gasteiger partial charge in [0.15, 0.2) is 5.82 Å². The molecule has 0 amide bonds. The minimum Gasteiger partial charge on any atom is -0.396 e. The number of aliphatic hydroxyl groups is 1. The highest BCUT2D eigenvalue weighted by Gasteiger charge is 2.24. The van der Waals surface area contributed by atoms with Gasteiger partial charge < -0.3 is 10.4 Å². The Kier molecular flexibility index (Phi) is 4.66. The zero-order valence-electron chi connectivity index (χ0n) is 11.2. The Balaban J connectivity index is 1.91. The van der Waals surface area contributed by atoms with E-state index in [1.54, 1.807) is 0 Å². The van der Waals surface area contributed by atoms with Gasteiger partial charge in [0.2, 0.25) is 0 Å². The van der Waals surface area contributed by atoms with Gasteiger partial charge in [0.05, 0.1) is 12.6 Å². The lowest BCUT2D eigenvalue weighted by Crippen LogP contribution is -2.40. The third kappa shape index (κ3) is 3.05. The van der Waals surface area contributed by atoms with Crippen LogP contribution >= 0.6 is 0 Å². The maximum absolute atomic E-state index is 9.38. The molecule has 1 heterocycles. The van der Waals surface area contributed by atoms with Crippen LogP contribution in [0.15, 0.2) is 0 Å². The maximum atomic E-state index is 9.38. The second-order valence-corrected chi connectivity index (χ2v) is 5.35. The van der Waals surface area contributed by atoms with Gasteiger partial charge in [0.25, 0.3) is 0 Å². The van der Waals surface area contributed by atoms with Crippen molar-refractivity contribution < 1.29 is 5.11 Å². The molecule has 1 aromatic rings. The maximum Gasteiger partial charge on any atom is 0.165 e. The Hall–Kier alpha value is -1.01. The largest absolute Gasteiger partial charge is 0.396 e. The minimum absolute atomic E-state index is 0.271. The van der Waals surface area contributed by atoms with Gasteiger partial charge in [0, 0.05) is 12.6 Å². The first-order chi connectivity index (χ1) is 8.72. The number of hydrogen-bond acceptors (Lipinski definition) is 5. The molecule has 0 saturated heterocycles. The van der Waals surface area contributed by atoms with E-state index < -0.39 is 0 Å². The number of hydrogen-bond donors (Lipinski definition) is 2. The van der Waals surface area contributed by atoms with Crippen molar-refractivity contribution in [3.05, 3.63) is 5.82 Å². The van der Waals surface area contributed by atoms with Crippen LogP contribution in [0.25, 0.3) is 0 Å². The summed E-state index contributed by atoms with van der Waals surface area (Å²) in [5.74, 6) is 1.24. The molecule has 0 unspecified atom stereocenters. The molecule has 1 aromatic heterocycles. The third-order valence-corrected chi connectivity index (χ3v) is 3.72. The SMILES string of the molecule is CC(C)n1nnnc1CN[C@@H]1CCCC[C@H]1CO. The zero-order valence-corrected chi connectivity index (χ0v) is 11.2. The predicted octanol–water partition coefficient (Wildman–Crippen LogP) is 0.895. The highest BCUT2D eigenvalue weighted by molar-refractivity contribution is 4.86. The fourth-order valence-corrected chi connectivity index (χ4v) is 2.65. The summed E-state index contributed by atoms with van der Waals surface area (Å²) in [7, 11) is 0. The molecule has 102 valence electrons. The van der Waals surface area contributed by atoms with E-state index in [4.69, 9.17) is 0 Å². The number of nitrogens with one attached hydrogen (secondary N) is 1. The number of rotatable bonds is 5. The van der Waals surface area contributed by atoms with E-state index in [2.05, 4.69) is 34.7 Å². The summed E-state index contributed by atoms with van der Waals surface area (Å²) in [4.78, 5) is 0. The van der Waals surface area contributed by atoms with Crippen molar-refractivity contribution in [3.8, 4) is 0 Å². The Morgan fingerprint density at radius 2 is 2.17 bits per heavy atom. The number of aliphatic hydroxyl groups excluding tert-OH is 1. The molecule has 0 bridgehead atoms. The topological polar surface area (TPSA) is 75.9 Å². The normalized spacial score (nSPS) is 24.7. The van der Waals surface area contributed by atoms with Gasteiger partial charge in [-0.3, -0.25) is 0 Å². The van der Waals surface area contributed by atoms with Crippen LogP contribution in [0.3, 0.4) is 0 Å². The van der Waals surface area contributed by atoms with Crippen LogP contribution in [0.2, 0.25) is 0 Å². The zero-order chi connectivity index (χ0) is 13.0. The monoisotopic (exact) mass is 253 g/mol. The average molecular weight is 253 g/mol. The van der Waals surface area contributed by atoms with Gasteiger partial charge in [-0.2, -0.15) is 0 Å². The minimum atomic E-state index is 0.271. The molecule has 2 atom stereocenters. The molecule has 2 N–H and O–H groups in total. The summed E-state index contributed by atoms with van der Waals surface area (Å²) in [5, 5.41) is 24.6. The first-order valence-corrected chi connectivity index (χ1v) is 6.83. The van der Waals surface area contributed by atoms with Crippen LogP contribution in [0, 0.1) is 5.92 Å². The highest BCUT2D eigenvalue weighted by atomic mass is 16.3. The first kappa shape index (κ1) is 13.4. The summed E-state index contributed by atoms with van der Waals surface area (Å²) in [6.45, 7) is 5.08. The molecule has 0 radical (unpaired) electrons. The Labute approximate surface area is 108 Å². The van der Waals surface area contributed by atoms with Crippen LogP contribution in [0.5, 0.6) is 0 Å². The number of aromatic nitrogens is 4. The molecule has 2 rings (SSSR count). The van der Waals surface area contributed by atoms with Crippen LogP contribution < -0.4 is 5.32 Å². The molecular weight excluding hydrogens is 230 g/mol. The molecule has 6 heteroatoms. The fraction of sp³-hybridized carbons (Fsp3) is 0.917. The van der Waals surface area contributed by atoms with Crippen LogP contribution in [0.1, 0.15) is 51.4 Å². The molecule has 1 aliphatic carbocycles. The molecule has 1 aliphatic rings. The molecular formula is C12H23N5O. The molecule has 0 aliphatic heterocycles. The Bertz CT molecular complexity index is 365. The summed E-state index contributed by atoms with van der Waals surface area (Å²) < 4.78 is 1.84. The van der Waals surface area contributed by atoms with Crippen molar-refractivity contribution >= 4 is 0 Å². The fourth-order valence-electron chi connectivity index (χ4n) is 2.65. The molecule has 1 fully saturated rings. The molecule has 0 aromatic carbocycles. The van der Waals surface area contributed by atoms with Gasteiger partial charge >= 0.3 is 0 Å². The average Bonchev–Trinajstić information content (AvgIpc) is 2.85. The molecule has 18 heavy (non-hydrogen) atoms. The Morgan fingerprint density at radius 1 is 1.39 bits per heavy atom. The van der Waals surface area contributed by atoms with Gasteiger partial charge in [-0.25, -0.2) is 4.68 Å². The summed E-state index contributed by atoms with van der Waals surface area (Å²) in [6, 6.07) is 0.665. The van der Waals surface area contributed by atoms with Crippen LogP contribution in [0.4, 0.5) is 0 Å². The van der Waals surface area contributed by atoms with E-state index in [9.17, 15) is 5.11 Å². The number of nitrogens with zero attached hydrogens (tertiary/aromatic N) is 4. The van der Waals surface area contributed by atoms with Crippen molar-refractivity contribution in [1.29, 1.82) is 0 Å². The molecule has 1 saturated carbocycles. The van der Waals surface area contributed by atoms with Gasteiger partial charge in [-0.05, 0) is 43.0 Å². The molecule has 6 nitrogen and oxygen atoms in total. The van der Waals surface area contributed by atoms with E-state index in [1.807, 2.05) is 4.68 Å². The van der Waals surface area contributed by atoms with E-state index in [0.717, 1.165) is 18.7 Å². The number of tetrazole rings is 1. The lowest BCUT2D eigenvalue weighted by atomic mass is 9.85. The second-order valence-electron chi connectivity index (χ2n) is 5.35. The summed E-state index contributed by atoms with van der Waals surface area (Å²) in [6.07, 6.45) is 4.72. The first-order valence-electron chi connectivity index (χ1n) is 6.83. The van der Waals surface area contributed by atoms with Crippen molar-refractivity contribution in [3.63, 3.8) is 0 Å². The quantitative estimate of drug-likeness (QED) is 0.815. The lowest BCUT2D eigenvalue weighted by Gasteiger charge is -2.30. The van der Waals surface area contributed by atoms with Gasteiger partial charge in [-0.1, -0.05) is 12.8 Å². The van der Waals surface area contributed by atoms with Gasteiger partial charge in [-0.15, -0.1) is 5.10 Å². The summed E-state index contributed by atoms with van der Waals surface area (Å²) in [5.41, 5.74) is 0. The van der Waals surface area contributed by atoms with Crippen molar-refractivity contribution in [1.82, 2.24) is 25.5 Å². The van der Waals surface area contributed by atoms with E-state index >= 15 is 0 Å².